The minimum Gasteiger partial charge on any atom is -0.506 e. The van der Waals surface area contributed by atoms with Gasteiger partial charge in [0.05, 0.1) is 24.2 Å². The number of nitriles is 1. The molecular formula is C17H16FN5O4S. The van der Waals surface area contributed by atoms with Crippen molar-refractivity contribution in [1.29, 1.82) is 5.26 Å². The maximum Gasteiger partial charge on any atom is 0.326 e. The molecule has 2 N–H and O–H groups in total. The third-order valence-electron chi connectivity index (χ3n) is 5.12. The number of phenolic OH excluding ortho intramolecular Hbond substituents is 1. The van der Waals surface area contributed by atoms with E-state index in [1.807, 2.05) is 0 Å². The molecule has 0 spiro atoms. The molecule has 0 atom stereocenters. The first-order valence-electron chi connectivity index (χ1n) is 8.54. The number of hydrogen-bond acceptors (Lipinski definition) is 6. The van der Waals surface area contributed by atoms with Crippen molar-refractivity contribution in [2.24, 2.45) is 5.41 Å². The molecule has 1 saturated heterocycles. The number of aromatic nitrogens is 2. The molecule has 1 aromatic carbocycles. The summed E-state index contributed by atoms with van der Waals surface area (Å²) < 4.78 is 43.0. The molecule has 4 rings (SSSR count). The van der Waals surface area contributed by atoms with Crippen LogP contribution in [-0.2, 0) is 21.5 Å². The molecule has 28 heavy (non-hydrogen) atoms. The zero-order chi connectivity index (χ0) is 20.1. The Hall–Kier alpha value is -3.13. The van der Waals surface area contributed by atoms with E-state index in [1.54, 1.807) is 15.6 Å². The van der Waals surface area contributed by atoms with Crippen molar-refractivity contribution in [2.75, 3.05) is 10.8 Å². The smallest absolute Gasteiger partial charge is 0.326 e. The molecule has 0 radical (unpaired) electrons. The average Bonchev–Trinajstić information content (AvgIpc) is 3.15. The standard InChI is InChI=1S/C17H16FN5O4S/c18-15-12(11-6-20-22(7-11)10-17(9-19)4-1-5-17)2-3-13(24)16(15)23-8-14(25)21-28(23,26)27/h2-3,6-7,24H,1,4-5,8,10H2,(H,21,25). The first-order chi connectivity index (χ1) is 13.2. The summed E-state index contributed by atoms with van der Waals surface area (Å²) in [6.07, 6.45) is 5.52. The first kappa shape index (κ1) is 18.2. The van der Waals surface area contributed by atoms with Gasteiger partial charge in [-0.1, -0.05) is 6.42 Å². The zero-order valence-corrected chi connectivity index (χ0v) is 15.4. The molecule has 11 heteroatoms. The normalized spacial score (nSPS) is 19.7. The van der Waals surface area contributed by atoms with Crippen molar-refractivity contribution in [2.45, 2.75) is 25.8 Å². The second-order valence-corrected chi connectivity index (χ2v) is 8.60. The number of anilines is 1. The van der Waals surface area contributed by atoms with Crippen LogP contribution in [-0.4, -0.2) is 35.8 Å². The molecule has 1 aromatic heterocycles. The molecule has 0 unspecified atom stereocenters. The van der Waals surface area contributed by atoms with Gasteiger partial charge in [-0.3, -0.25) is 9.48 Å². The molecule has 9 nitrogen and oxygen atoms in total. The number of phenols is 1. The Kier molecular flexibility index (Phi) is 4.04. The largest absolute Gasteiger partial charge is 0.506 e. The maximum atomic E-state index is 15.1. The maximum absolute atomic E-state index is 15.1. The fourth-order valence-electron chi connectivity index (χ4n) is 3.47. The molecule has 2 heterocycles. The van der Waals surface area contributed by atoms with Gasteiger partial charge in [-0.25, -0.2) is 13.4 Å². The molecule has 2 aliphatic rings. The van der Waals surface area contributed by atoms with Crippen LogP contribution in [0.3, 0.4) is 0 Å². The van der Waals surface area contributed by atoms with Gasteiger partial charge >= 0.3 is 10.2 Å². The average molecular weight is 405 g/mol. The Morgan fingerprint density at radius 3 is 2.71 bits per heavy atom. The van der Waals surface area contributed by atoms with Crippen LogP contribution in [0.4, 0.5) is 10.1 Å². The number of carbonyl (C=O) groups excluding carboxylic acids is 1. The Bertz CT molecular complexity index is 1120. The van der Waals surface area contributed by atoms with E-state index >= 15 is 4.39 Å². The summed E-state index contributed by atoms with van der Waals surface area (Å²) in [5.74, 6) is -2.41. The number of hydrogen-bond donors (Lipinski definition) is 2. The lowest BCUT2D eigenvalue weighted by molar-refractivity contribution is -0.117. The Morgan fingerprint density at radius 1 is 1.39 bits per heavy atom. The monoisotopic (exact) mass is 405 g/mol. The fraction of sp³-hybridized carbons (Fsp3) is 0.353. The highest BCUT2D eigenvalue weighted by Gasteiger charge is 2.39. The molecule has 1 amide bonds. The van der Waals surface area contributed by atoms with Gasteiger partial charge in [0, 0.05) is 17.3 Å². The lowest BCUT2D eigenvalue weighted by atomic mass is 9.70. The van der Waals surface area contributed by atoms with Crippen molar-refractivity contribution < 1.29 is 22.7 Å². The van der Waals surface area contributed by atoms with E-state index in [1.165, 1.54) is 12.3 Å². The topological polar surface area (TPSA) is 128 Å². The van der Waals surface area contributed by atoms with Crippen LogP contribution in [0.1, 0.15) is 19.3 Å². The molecule has 1 saturated carbocycles. The van der Waals surface area contributed by atoms with Gasteiger partial charge in [-0.15, -0.1) is 0 Å². The van der Waals surface area contributed by atoms with Gasteiger partial charge < -0.3 is 5.11 Å². The van der Waals surface area contributed by atoms with E-state index in [9.17, 15) is 23.6 Å². The van der Waals surface area contributed by atoms with Crippen LogP contribution in [0.2, 0.25) is 0 Å². The van der Waals surface area contributed by atoms with E-state index in [0.717, 1.165) is 25.3 Å². The minimum atomic E-state index is -4.27. The summed E-state index contributed by atoms with van der Waals surface area (Å²) in [6, 6.07) is 4.77. The molecule has 2 aromatic rings. The van der Waals surface area contributed by atoms with Crippen molar-refractivity contribution >= 4 is 21.8 Å². The highest BCUT2D eigenvalue weighted by Crippen LogP contribution is 2.42. The Balaban J connectivity index is 1.71. The molecule has 2 fully saturated rings. The van der Waals surface area contributed by atoms with Crippen LogP contribution >= 0.6 is 0 Å². The van der Waals surface area contributed by atoms with Crippen LogP contribution in [0.25, 0.3) is 11.1 Å². The number of carbonyl (C=O) groups is 1. The highest BCUT2D eigenvalue weighted by molar-refractivity contribution is 7.92. The predicted molar refractivity (Wildman–Crippen MR) is 95.6 cm³/mol. The minimum absolute atomic E-state index is 0.0215. The molecular weight excluding hydrogens is 389 g/mol. The van der Waals surface area contributed by atoms with E-state index in [-0.39, 0.29) is 5.56 Å². The Labute approximate surface area is 160 Å². The van der Waals surface area contributed by atoms with E-state index in [2.05, 4.69) is 11.2 Å². The number of halogens is 1. The number of rotatable bonds is 4. The van der Waals surface area contributed by atoms with Crippen molar-refractivity contribution in [3.63, 3.8) is 0 Å². The first-order valence-corrected chi connectivity index (χ1v) is 9.98. The van der Waals surface area contributed by atoms with Gasteiger partial charge in [0.15, 0.2) is 5.82 Å². The van der Waals surface area contributed by atoms with E-state index in [4.69, 9.17) is 0 Å². The SMILES string of the molecule is N#CC1(Cn2cc(-c3ccc(O)c(N4CC(=O)NS4(=O)=O)c3F)cn2)CCC1. The third kappa shape index (κ3) is 2.86. The van der Waals surface area contributed by atoms with Gasteiger partial charge in [0.1, 0.15) is 18.0 Å². The van der Waals surface area contributed by atoms with Crippen LogP contribution in [0.5, 0.6) is 5.75 Å². The second kappa shape index (κ2) is 6.20. The van der Waals surface area contributed by atoms with Crippen LogP contribution < -0.4 is 9.03 Å². The van der Waals surface area contributed by atoms with Crippen molar-refractivity contribution in [3.8, 4) is 22.9 Å². The number of benzene rings is 1. The summed E-state index contributed by atoms with van der Waals surface area (Å²) in [5, 5.41) is 23.6. The summed E-state index contributed by atoms with van der Waals surface area (Å²) >= 11 is 0. The third-order valence-corrected chi connectivity index (χ3v) is 6.50. The highest BCUT2D eigenvalue weighted by atomic mass is 32.2. The van der Waals surface area contributed by atoms with Crippen LogP contribution in [0.15, 0.2) is 24.5 Å². The van der Waals surface area contributed by atoms with Gasteiger partial charge in [0.25, 0.3) is 5.91 Å². The summed E-state index contributed by atoms with van der Waals surface area (Å²) in [4.78, 5) is 11.4. The van der Waals surface area contributed by atoms with Crippen molar-refractivity contribution in [3.05, 3.63) is 30.3 Å². The summed E-state index contributed by atoms with van der Waals surface area (Å²) in [7, 11) is -4.27. The van der Waals surface area contributed by atoms with Crippen molar-refractivity contribution in [1.82, 2.24) is 14.5 Å². The summed E-state index contributed by atoms with van der Waals surface area (Å²) in [5.41, 5.74) is -0.677. The van der Waals surface area contributed by atoms with Gasteiger partial charge in [-0.2, -0.15) is 18.8 Å². The van der Waals surface area contributed by atoms with Gasteiger partial charge in [0.2, 0.25) is 0 Å². The quantitative estimate of drug-likeness (QED) is 0.788. The number of amides is 1. The van der Waals surface area contributed by atoms with E-state index < -0.39 is 45.3 Å². The number of nitrogens with zero attached hydrogens (tertiary/aromatic N) is 4. The molecule has 1 aliphatic heterocycles. The number of aromatic hydroxyl groups is 1. The van der Waals surface area contributed by atoms with Gasteiger partial charge in [-0.05, 0) is 25.0 Å². The summed E-state index contributed by atoms with van der Waals surface area (Å²) in [6.45, 7) is -0.241. The number of nitrogens with one attached hydrogen (secondary N) is 1. The predicted octanol–water partition coefficient (Wildman–Crippen LogP) is 1.27. The second-order valence-electron chi connectivity index (χ2n) is 7.00. The fourth-order valence-corrected chi connectivity index (χ4v) is 4.63. The van der Waals surface area contributed by atoms with E-state index in [0.29, 0.717) is 16.4 Å². The molecule has 1 aliphatic carbocycles. The lowest BCUT2D eigenvalue weighted by Gasteiger charge is -2.34. The van der Waals surface area contributed by atoms with Crippen LogP contribution in [0, 0.1) is 22.6 Å². The molecule has 0 bridgehead atoms. The zero-order valence-electron chi connectivity index (χ0n) is 14.6. The Morgan fingerprint density at radius 2 is 2.14 bits per heavy atom. The molecule has 146 valence electrons. The lowest BCUT2D eigenvalue weighted by Crippen LogP contribution is -2.32.